The van der Waals surface area contributed by atoms with E-state index in [1.165, 1.54) is 4.90 Å². The standard InChI is InChI=1S/C17H20ClNO3/c1-3-5-6-11-19-16(20)14(15(18)17(19)21)12-7-9-13(10-8-12)22-4-2/h7-10H,3-6,11H2,1-2H3. The zero-order valence-corrected chi connectivity index (χ0v) is 13.7. The van der Waals surface area contributed by atoms with Gasteiger partial charge in [0, 0.05) is 6.54 Å². The molecule has 0 fully saturated rings. The van der Waals surface area contributed by atoms with Crippen molar-refractivity contribution in [3.8, 4) is 5.75 Å². The van der Waals surface area contributed by atoms with Crippen molar-refractivity contribution >= 4 is 29.0 Å². The Morgan fingerprint density at radius 2 is 1.73 bits per heavy atom. The molecule has 1 aliphatic heterocycles. The number of carbonyl (C=O) groups is 2. The van der Waals surface area contributed by atoms with Gasteiger partial charge in [-0.25, -0.2) is 0 Å². The Kier molecular flexibility index (Phi) is 5.61. The molecule has 2 amide bonds. The maximum absolute atomic E-state index is 12.5. The molecule has 0 N–H and O–H groups in total. The summed E-state index contributed by atoms with van der Waals surface area (Å²) >= 11 is 6.10. The van der Waals surface area contributed by atoms with Crippen LogP contribution in [0.2, 0.25) is 0 Å². The highest BCUT2D eigenvalue weighted by Crippen LogP contribution is 2.32. The molecule has 1 heterocycles. The summed E-state index contributed by atoms with van der Waals surface area (Å²) in [6, 6.07) is 7.05. The fraction of sp³-hybridized carbons (Fsp3) is 0.412. The molecule has 0 saturated carbocycles. The van der Waals surface area contributed by atoms with E-state index in [0.717, 1.165) is 25.0 Å². The number of nitrogens with zero attached hydrogens (tertiary/aromatic N) is 1. The van der Waals surface area contributed by atoms with Gasteiger partial charge in [-0.2, -0.15) is 0 Å². The van der Waals surface area contributed by atoms with Crippen LogP contribution in [0.1, 0.15) is 38.7 Å². The third-order valence-electron chi connectivity index (χ3n) is 3.55. The van der Waals surface area contributed by atoms with E-state index in [0.29, 0.717) is 18.7 Å². The van der Waals surface area contributed by atoms with Crippen LogP contribution in [0.5, 0.6) is 5.75 Å². The Hall–Kier alpha value is -1.81. The minimum absolute atomic E-state index is 0.00524. The first-order valence-electron chi connectivity index (χ1n) is 7.59. The third-order valence-corrected chi connectivity index (χ3v) is 3.90. The van der Waals surface area contributed by atoms with Crippen molar-refractivity contribution in [3.63, 3.8) is 0 Å². The van der Waals surface area contributed by atoms with E-state index in [2.05, 4.69) is 6.92 Å². The zero-order valence-electron chi connectivity index (χ0n) is 12.9. The van der Waals surface area contributed by atoms with Gasteiger partial charge in [0.05, 0.1) is 12.2 Å². The van der Waals surface area contributed by atoms with E-state index in [1.807, 2.05) is 6.92 Å². The minimum atomic E-state index is -0.397. The van der Waals surface area contributed by atoms with Crippen LogP contribution >= 0.6 is 11.6 Å². The van der Waals surface area contributed by atoms with Gasteiger partial charge in [-0.05, 0) is 31.0 Å². The van der Waals surface area contributed by atoms with Crippen LogP contribution in [0.4, 0.5) is 0 Å². The number of unbranched alkanes of at least 4 members (excludes halogenated alkanes) is 2. The van der Waals surface area contributed by atoms with Crippen LogP contribution in [0, 0.1) is 0 Å². The predicted molar refractivity (Wildman–Crippen MR) is 86.6 cm³/mol. The fourth-order valence-corrected chi connectivity index (χ4v) is 2.70. The average molecular weight is 322 g/mol. The highest BCUT2D eigenvalue weighted by atomic mass is 35.5. The van der Waals surface area contributed by atoms with E-state index in [1.54, 1.807) is 24.3 Å². The van der Waals surface area contributed by atoms with Gasteiger partial charge in [-0.1, -0.05) is 43.5 Å². The van der Waals surface area contributed by atoms with Crippen molar-refractivity contribution < 1.29 is 14.3 Å². The Labute approximate surface area is 135 Å². The van der Waals surface area contributed by atoms with E-state index in [9.17, 15) is 9.59 Å². The smallest absolute Gasteiger partial charge is 0.273 e. The lowest BCUT2D eigenvalue weighted by atomic mass is 10.1. The Bertz CT molecular complexity index is 592. The Balaban J connectivity index is 2.19. The molecular weight excluding hydrogens is 302 g/mol. The van der Waals surface area contributed by atoms with Gasteiger partial charge in [-0.3, -0.25) is 14.5 Å². The lowest BCUT2D eigenvalue weighted by Gasteiger charge is -2.14. The van der Waals surface area contributed by atoms with Gasteiger partial charge in [-0.15, -0.1) is 0 Å². The van der Waals surface area contributed by atoms with Gasteiger partial charge in [0.25, 0.3) is 11.8 Å². The summed E-state index contributed by atoms with van der Waals surface area (Å²) in [7, 11) is 0. The van der Waals surface area contributed by atoms with Gasteiger partial charge < -0.3 is 4.74 Å². The molecule has 0 spiro atoms. The summed E-state index contributed by atoms with van der Waals surface area (Å²) in [6.45, 7) is 4.97. The molecule has 2 rings (SSSR count). The molecule has 1 aliphatic rings. The van der Waals surface area contributed by atoms with Crippen molar-refractivity contribution in [2.75, 3.05) is 13.2 Å². The van der Waals surface area contributed by atoms with Crippen LogP contribution in [-0.2, 0) is 9.59 Å². The monoisotopic (exact) mass is 321 g/mol. The molecule has 1 aromatic rings. The van der Waals surface area contributed by atoms with Crippen LogP contribution in [0.15, 0.2) is 29.3 Å². The number of hydrogen-bond acceptors (Lipinski definition) is 3. The van der Waals surface area contributed by atoms with Crippen molar-refractivity contribution in [2.24, 2.45) is 0 Å². The average Bonchev–Trinajstić information content (AvgIpc) is 2.72. The van der Waals surface area contributed by atoms with Crippen LogP contribution < -0.4 is 4.74 Å². The summed E-state index contributed by atoms with van der Waals surface area (Å²) in [5.41, 5.74) is 0.927. The Morgan fingerprint density at radius 1 is 1.05 bits per heavy atom. The quantitative estimate of drug-likeness (QED) is 0.569. The lowest BCUT2D eigenvalue weighted by molar-refractivity contribution is -0.136. The number of rotatable bonds is 7. The molecule has 0 aliphatic carbocycles. The lowest BCUT2D eigenvalue weighted by Crippen LogP contribution is -2.32. The maximum Gasteiger partial charge on any atom is 0.273 e. The number of benzene rings is 1. The number of hydrogen-bond donors (Lipinski definition) is 0. The van der Waals surface area contributed by atoms with E-state index in [-0.39, 0.29) is 16.5 Å². The number of amides is 2. The van der Waals surface area contributed by atoms with E-state index in [4.69, 9.17) is 16.3 Å². The number of carbonyl (C=O) groups excluding carboxylic acids is 2. The molecule has 0 aromatic heterocycles. The molecule has 0 saturated heterocycles. The molecule has 4 nitrogen and oxygen atoms in total. The van der Waals surface area contributed by atoms with Crippen molar-refractivity contribution in [1.29, 1.82) is 0 Å². The summed E-state index contributed by atoms with van der Waals surface area (Å²) in [5, 5.41) is 0.00524. The van der Waals surface area contributed by atoms with Gasteiger partial charge in [0.2, 0.25) is 0 Å². The summed E-state index contributed by atoms with van der Waals surface area (Å²) in [5.74, 6) is 0.0152. The first kappa shape index (κ1) is 16.6. The third kappa shape index (κ3) is 3.33. The molecule has 22 heavy (non-hydrogen) atoms. The van der Waals surface area contributed by atoms with Crippen LogP contribution in [0.3, 0.4) is 0 Å². The van der Waals surface area contributed by atoms with E-state index < -0.39 is 5.91 Å². The first-order chi connectivity index (χ1) is 10.6. The van der Waals surface area contributed by atoms with Gasteiger partial charge in [0.15, 0.2) is 0 Å². The molecule has 1 aromatic carbocycles. The van der Waals surface area contributed by atoms with Gasteiger partial charge in [0.1, 0.15) is 10.8 Å². The topological polar surface area (TPSA) is 46.6 Å². The molecular formula is C17H20ClNO3. The zero-order chi connectivity index (χ0) is 16.1. The van der Waals surface area contributed by atoms with Crippen LogP contribution in [-0.4, -0.2) is 29.9 Å². The molecule has 0 atom stereocenters. The maximum atomic E-state index is 12.5. The number of halogens is 1. The predicted octanol–water partition coefficient (Wildman–Crippen LogP) is 3.59. The fourth-order valence-electron chi connectivity index (χ4n) is 2.40. The molecule has 118 valence electrons. The van der Waals surface area contributed by atoms with Crippen molar-refractivity contribution in [1.82, 2.24) is 4.90 Å². The van der Waals surface area contributed by atoms with Crippen LogP contribution in [0.25, 0.3) is 5.57 Å². The minimum Gasteiger partial charge on any atom is -0.494 e. The number of imide groups is 1. The molecule has 0 radical (unpaired) electrons. The molecule has 5 heteroatoms. The highest BCUT2D eigenvalue weighted by molar-refractivity contribution is 6.55. The summed E-state index contributed by atoms with van der Waals surface area (Å²) in [4.78, 5) is 25.9. The van der Waals surface area contributed by atoms with Gasteiger partial charge >= 0.3 is 0 Å². The second-order valence-electron chi connectivity index (χ2n) is 5.12. The molecule has 0 unspecified atom stereocenters. The first-order valence-corrected chi connectivity index (χ1v) is 7.97. The SMILES string of the molecule is CCCCCN1C(=O)C(Cl)=C(c2ccc(OCC)cc2)C1=O. The highest BCUT2D eigenvalue weighted by Gasteiger charge is 2.37. The second kappa shape index (κ2) is 7.45. The number of ether oxygens (including phenoxy) is 1. The normalized spacial score (nSPS) is 15.0. The van der Waals surface area contributed by atoms with Crippen molar-refractivity contribution in [2.45, 2.75) is 33.1 Å². The molecule has 0 bridgehead atoms. The summed E-state index contributed by atoms with van der Waals surface area (Å²) < 4.78 is 5.37. The second-order valence-corrected chi connectivity index (χ2v) is 5.49. The Morgan fingerprint density at radius 3 is 2.32 bits per heavy atom. The van der Waals surface area contributed by atoms with Crippen molar-refractivity contribution in [3.05, 3.63) is 34.9 Å². The van der Waals surface area contributed by atoms with E-state index >= 15 is 0 Å². The summed E-state index contributed by atoms with van der Waals surface area (Å²) in [6.07, 6.45) is 2.81. The largest absolute Gasteiger partial charge is 0.494 e.